The number of fused-ring (bicyclic) bond motifs is 1. The number of ether oxygens (including phenoxy) is 1. The lowest BCUT2D eigenvalue weighted by molar-refractivity contribution is 0.0446. The van der Waals surface area contributed by atoms with Gasteiger partial charge < -0.3 is 4.74 Å². The molecule has 3 heteroatoms. The molecular formula is C8H11NOS. The van der Waals surface area contributed by atoms with Crippen LogP contribution in [0.4, 0.5) is 0 Å². The van der Waals surface area contributed by atoms with Crippen molar-refractivity contribution >= 4 is 11.8 Å². The number of thioether (sulfide) groups is 1. The third-order valence-corrected chi connectivity index (χ3v) is 3.53. The van der Waals surface area contributed by atoms with Crippen molar-refractivity contribution in [3.63, 3.8) is 0 Å². The van der Waals surface area contributed by atoms with Gasteiger partial charge >= 0.3 is 0 Å². The molecule has 2 bridgehead atoms. The summed E-state index contributed by atoms with van der Waals surface area (Å²) in [6.45, 7) is 0.807. The normalized spacial score (nSPS) is 46.5. The Morgan fingerprint density at radius 1 is 1.64 bits per heavy atom. The van der Waals surface area contributed by atoms with Crippen LogP contribution in [0.2, 0.25) is 0 Å². The van der Waals surface area contributed by atoms with Gasteiger partial charge in [-0.05, 0) is 19.1 Å². The highest BCUT2D eigenvalue weighted by Gasteiger charge is 2.62. The first-order valence-electron chi connectivity index (χ1n) is 3.78. The first-order valence-corrected chi connectivity index (χ1v) is 5.18. The maximum atomic E-state index is 8.76. The van der Waals surface area contributed by atoms with E-state index in [1.54, 1.807) is 0 Å². The molecule has 2 heterocycles. The Bertz CT molecular complexity index is 215. The molecule has 0 aromatic carbocycles. The summed E-state index contributed by atoms with van der Waals surface area (Å²) in [6, 6.07) is 2.26. The van der Waals surface area contributed by atoms with E-state index in [9.17, 15) is 0 Å². The average molecular weight is 169 g/mol. The van der Waals surface area contributed by atoms with Gasteiger partial charge in [0.15, 0.2) is 5.60 Å². The zero-order valence-electron chi connectivity index (χ0n) is 6.59. The molecule has 1 saturated carbocycles. The minimum Gasteiger partial charge on any atom is -0.359 e. The molecule has 2 saturated heterocycles. The fraction of sp³-hybridized carbons (Fsp3) is 0.875. The monoisotopic (exact) mass is 169 g/mol. The molecule has 3 aliphatic rings. The third-order valence-electron chi connectivity index (χ3n) is 2.63. The van der Waals surface area contributed by atoms with Gasteiger partial charge in [-0.25, -0.2) is 0 Å². The lowest BCUT2D eigenvalue weighted by Crippen LogP contribution is -2.44. The molecule has 0 unspecified atom stereocenters. The van der Waals surface area contributed by atoms with Crippen molar-refractivity contribution in [3.8, 4) is 6.07 Å². The lowest BCUT2D eigenvalue weighted by Gasteiger charge is -2.39. The van der Waals surface area contributed by atoms with Crippen LogP contribution in [-0.2, 0) is 4.74 Å². The van der Waals surface area contributed by atoms with Crippen LogP contribution < -0.4 is 0 Å². The Morgan fingerprint density at radius 2 is 2.36 bits per heavy atom. The van der Waals surface area contributed by atoms with Gasteiger partial charge in [-0.2, -0.15) is 17.0 Å². The van der Waals surface area contributed by atoms with Gasteiger partial charge in [-0.3, -0.25) is 0 Å². The number of rotatable bonds is 2. The molecule has 3 fully saturated rings. The summed E-state index contributed by atoms with van der Waals surface area (Å²) in [4.78, 5) is 0. The van der Waals surface area contributed by atoms with Gasteiger partial charge in [-0.15, -0.1) is 0 Å². The molecule has 60 valence electrons. The summed E-state index contributed by atoms with van der Waals surface area (Å²) in [5, 5.41) is 8.76. The summed E-state index contributed by atoms with van der Waals surface area (Å²) in [5.41, 5.74) is 0.00484. The van der Waals surface area contributed by atoms with Crippen LogP contribution in [-0.4, -0.2) is 24.2 Å². The maximum absolute atomic E-state index is 8.76. The summed E-state index contributed by atoms with van der Waals surface area (Å²) >= 11 is 1.86. The molecule has 0 atom stereocenters. The Balaban J connectivity index is 2.04. The van der Waals surface area contributed by atoms with E-state index in [-0.39, 0.29) is 5.60 Å². The molecular weight excluding hydrogens is 158 g/mol. The summed E-state index contributed by atoms with van der Waals surface area (Å²) < 4.78 is 5.45. The second-order valence-electron chi connectivity index (χ2n) is 3.68. The van der Waals surface area contributed by atoms with Gasteiger partial charge in [0, 0.05) is 11.2 Å². The van der Waals surface area contributed by atoms with Crippen molar-refractivity contribution in [1.29, 1.82) is 5.26 Å². The zero-order valence-corrected chi connectivity index (χ0v) is 7.41. The molecule has 1 aliphatic carbocycles. The smallest absolute Gasteiger partial charge is 0.155 e. The van der Waals surface area contributed by atoms with Crippen LogP contribution in [0.5, 0.6) is 0 Å². The lowest BCUT2D eigenvalue weighted by atomic mass is 9.64. The van der Waals surface area contributed by atoms with Crippen LogP contribution in [0, 0.1) is 16.7 Å². The molecule has 11 heavy (non-hydrogen) atoms. The zero-order chi connectivity index (χ0) is 7.95. The van der Waals surface area contributed by atoms with Gasteiger partial charge in [-0.1, -0.05) is 0 Å². The van der Waals surface area contributed by atoms with E-state index in [2.05, 4.69) is 12.3 Å². The molecule has 0 N–H and O–H groups in total. The van der Waals surface area contributed by atoms with Crippen molar-refractivity contribution in [2.24, 2.45) is 5.41 Å². The Hall–Kier alpha value is -0.200. The summed E-state index contributed by atoms with van der Waals surface area (Å²) in [5.74, 6) is 1.15. The Labute approximate surface area is 70.9 Å². The van der Waals surface area contributed by atoms with Crippen molar-refractivity contribution in [2.75, 3.05) is 18.6 Å². The quantitative estimate of drug-likeness (QED) is 0.626. The van der Waals surface area contributed by atoms with Crippen LogP contribution in [0.25, 0.3) is 0 Å². The predicted octanol–water partition coefficient (Wildman–Crippen LogP) is 1.42. The maximum Gasteiger partial charge on any atom is 0.155 e. The first-order chi connectivity index (χ1) is 5.24. The second-order valence-corrected chi connectivity index (χ2v) is 4.55. The average Bonchev–Trinajstić information content (AvgIpc) is 2.43. The van der Waals surface area contributed by atoms with E-state index >= 15 is 0 Å². The largest absolute Gasteiger partial charge is 0.359 e. The van der Waals surface area contributed by atoms with Crippen LogP contribution >= 0.6 is 11.8 Å². The van der Waals surface area contributed by atoms with E-state index in [0.717, 1.165) is 25.2 Å². The molecule has 0 spiro atoms. The standard InChI is InChI=1S/C8H11NOS/c1-11-6-7-2-8(3-7,4-9)10-5-7/h2-3,5-6H2,1H3. The van der Waals surface area contributed by atoms with Crippen molar-refractivity contribution in [1.82, 2.24) is 0 Å². The second kappa shape index (κ2) is 2.15. The van der Waals surface area contributed by atoms with Crippen LogP contribution in [0.15, 0.2) is 0 Å². The van der Waals surface area contributed by atoms with Crippen molar-refractivity contribution in [3.05, 3.63) is 0 Å². The van der Waals surface area contributed by atoms with Crippen molar-refractivity contribution in [2.45, 2.75) is 18.4 Å². The molecule has 3 rings (SSSR count). The van der Waals surface area contributed by atoms with E-state index < -0.39 is 0 Å². The highest BCUT2D eigenvalue weighted by atomic mass is 32.2. The Kier molecular flexibility index (Phi) is 1.45. The topological polar surface area (TPSA) is 33.0 Å². The van der Waals surface area contributed by atoms with Gasteiger partial charge in [0.25, 0.3) is 0 Å². The van der Waals surface area contributed by atoms with E-state index in [1.165, 1.54) is 0 Å². The fourth-order valence-corrected chi connectivity index (χ4v) is 3.12. The van der Waals surface area contributed by atoms with Gasteiger partial charge in [0.05, 0.1) is 12.7 Å². The molecule has 2 aliphatic heterocycles. The third kappa shape index (κ3) is 0.896. The van der Waals surface area contributed by atoms with E-state index in [4.69, 9.17) is 10.00 Å². The van der Waals surface area contributed by atoms with Crippen LogP contribution in [0.3, 0.4) is 0 Å². The van der Waals surface area contributed by atoms with Gasteiger partial charge in [0.2, 0.25) is 0 Å². The number of nitriles is 1. The van der Waals surface area contributed by atoms with E-state index in [1.807, 2.05) is 11.8 Å². The summed E-state index contributed by atoms with van der Waals surface area (Å²) in [7, 11) is 0. The number of hydrogen-bond donors (Lipinski definition) is 0. The molecule has 0 amide bonds. The number of hydrogen-bond acceptors (Lipinski definition) is 3. The highest BCUT2D eigenvalue weighted by molar-refractivity contribution is 7.98. The SMILES string of the molecule is CSCC12COC(C#N)(C1)C2. The molecule has 2 nitrogen and oxygen atoms in total. The fourth-order valence-electron chi connectivity index (χ4n) is 2.22. The molecule has 0 aromatic rings. The highest BCUT2D eigenvalue weighted by Crippen LogP contribution is 2.58. The summed E-state index contributed by atoms with van der Waals surface area (Å²) in [6.07, 6.45) is 4.05. The van der Waals surface area contributed by atoms with Gasteiger partial charge in [0.1, 0.15) is 0 Å². The Morgan fingerprint density at radius 3 is 2.82 bits per heavy atom. The van der Waals surface area contributed by atoms with Crippen molar-refractivity contribution < 1.29 is 4.74 Å². The minimum absolute atomic E-state index is 0.365. The van der Waals surface area contributed by atoms with E-state index in [0.29, 0.717) is 5.41 Å². The molecule has 0 radical (unpaired) electrons. The van der Waals surface area contributed by atoms with Crippen LogP contribution in [0.1, 0.15) is 12.8 Å². The molecule has 0 aromatic heterocycles. The number of nitrogens with zero attached hydrogens (tertiary/aromatic N) is 1. The minimum atomic E-state index is -0.365. The first kappa shape index (κ1) is 7.45. The predicted molar refractivity (Wildman–Crippen MR) is 44.3 cm³/mol.